The first-order valence-electron chi connectivity index (χ1n) is 5.84. The molecular weight excluding hydrogens is 333 g/mol. The van der Waals surface area contributed by atoms with Gasteiger partial charge in [0.05, 0.1) is 20.6 Å². The third-order valence-electron chi connectivity index (χ3n) is 2.75. The van der Waals surface area contributed by atoms with Crippen molar-refractivity contribution < 1.29 is 13.2 Å². The van der Waals surface area contributed by atoms with Crippen molar-refractivity contribution in [3.8, 4) is 0 Å². The molecule has 0 saturated carbocycles. The van der Waals surface area contributed by atoms with E-state index >= 15 is 0 Å². The van der Waals surface area contributed by atoms with Gasteiger partial charge < -0.3 is 5.32 Å². The van der Waals surface area contributed by atoms with Gasteiger partial charge in [0.1, 0.15) is 0 Å². The lowest BCUT2D eigenvalue weighted by molar-refractivity contribution is 0.102. The number of benzene rings is 2. The molecule has 0 fully saturated rings. The lowest BCUT2D eigenvalue weighted by Gasteiger charge is -2.09. The summed E-state index contributed by atoms with van der Waals surface area (Å²) in [7, 11) is -3.29. The molecule has 0 atom stereocenters. The van der Waals surface area contributed by atoms with Gasteiger partial charge in [0, 0.05) is 11.8 Å². The Morgan fingerprint density at radius 2 is 1.52 bits per heavy atom. The van der Waals surface area contributed by atoms with Gasteiger partial charge in [-0.1, -0.05) is 29.3 Å². The Morgan fingerprint density at radius 1 is 1.00 bits per heavy atom. The molecule has 0 aliphatic rings. The highest BCUT2D eigenvalue weighted by Gasteiger charge is 2.13. The Kier molecular flexibility index (Phi) is 4.56. The van der Waals surface area contributed by atoms with Crippen molar-refractivity contribution in [1.82, 2.24) is 0 Å². The fourth-order valence-corrected chi connectivity index (χ4v) is 2.78. The molecule has 0 saturated heterocycles. The zero-order valence-corrected chi connectivity index (χ0v) is 13.3. The first-order valence-corrected chi connectivity index (χ1v) is 8.49. The maximum absolute atomic E-state index is 12.1. The van der Waals surface area contributed by atoms with Gasteiger partial charge in [-0.05, 0) is 36.4 Å². The number of carbonyl (C=O) groups excluding carboxylic acids is 1. The maximum Gasteiger partial charge on any atom is 0.255 e. The van der Waals surface area contributed by atoms with Crippen LogP contribution in [0.3, 0.4) is 0 Å². The van der Waals surface area contributed by atoms with Crippen molar-refractivity contribution in [3.05, 3.63) is 58.1 Å². The van der Waals surface area contributed by atoms with Crippen LogP contribution < -0.4 is 5.32 Å². The van der Waals surface area contributed by atoms with E-state index in [1.54, 1.807) is 18.2 Å². The van der Waals surface area contributed by atoms with Crippen LogP contribution in [-0.4, -0.2) is 20.6 Å². The molecule has 0 unspecified atom stereocenters. The molecule has 0 aromatic heterocycles. The van der Waals surface area contributed by atoms with Gasteiger partial charge in [0.15, 0.2) is 9.84 Å². The molecule has 7 heteroatoms. The zero-order chi connectivity index (χ0) is 15.6. The van der Waals surface area contributed by atoms with Crippen LogP contribution in [0.15, 0.2) is 47.4 Å². The number of nitrogens with one attached hydrogen (secondary N) is 1. The quantitative estimate of drug-likeness (QED) is 0.924. The summed E-state index contributed by atoms with van der Waals surface area (Å²) in [5, 5.41) is 3.25. The number of hydrogen-bond donors (Lipinski definition) is 1. The van der Waals surface area contributed by atoms with E-state index < -0.39 is 15.7 Å². The lowest BCUT2D eigenvalue weighted by atomic mass is 10.2. The number of carbonyl (C=O) groups is 1. The minimum absolute atomic E-state index is 0.148. The highest BCUT2D eigenvalue weighted by Crippen LogP contribution is 2.30. The second-order valence-electron chi connectivity index (χ2n) is 4.35. The zero-order valence-electron chi connectivity index (χ0n) is 10.9. The average Bonchev–Trinajstić information content (AvgIpc) is 2.42. The summed E-state index contributed by atoms with van der Waals surface area (Å²) in [5.74, 6) is -0.426. The molecule has 0 radical (unpaired) electrons. The van der Waals surface area contributed by atoms with E-state index in [-0.39, 0.29) is 4.90 Å². The standard InChI is InChI=1S/C14H11Cl2NO3S/c1-21(19,20)10-7-5-9(6-8-10)14(18)17-13-11(15)3-2-4-12(13)16/h2-8H,1H3,(H,17,18). The van der Waals surface area contributed by atoms with Gasteiger partial charge in [0.2, 0.25) is 0 Å². The van der Waals surface area contributed by atoms with Crippen molar-refractivity contribution in [1.29, 1.82) is 0 Å². The molecule has 2 rings (SSSR count). The summed E-state index contributed by atoms with van der Waals surface area (Å²) in [5.41, 5.74) is 0.622. The van der Waals surface area contributed by atoms with Crippen LogP contribution in [0.5, 0.6) is 0 Å². The number of hydrogen-bond acceptors (Lipinski definition) is 3. The summed E-state index contributed by atoms with van der Waals surface area (Å²) < 4.78 is 22.7. The summed E-state index contributed by atoms with van der Waals surface area (Å²) >= 11 is 11.9. The van der Waals surface area contributed by atoms with Crippen molar-refractivity contribution in [2.24, 2.45) is 0 Å². The van der Waals surface area contributed by atoms with Gasteiger partial charge in [0.25, 0.3) is 5.91 Å². The number of para-hydroxylation sites is 1. The normalized spacial score (nSPS) is 11.2. The summed E-state index contributed by atoms with van der Waals surface area (Å²) in [4.78, 5) is 12.2. The van der Waals surface area contributed by atoms with Crippen molar-refractivity contribution in [2.45, 2.75) is 4.90 Å². The predicted molar refractivity (Wildman–Crippen MR) is 84.0 cm³/mol. The molecule has 0 aliphatic heterocycles. The van der Waals surface area contributed by atoms with Crippen LogP contribution in [0.25, 0.3) is 0 Å². The van der Waals surface area contributed by atoms with Gasteiger partial charge in [-0.15, -0.1) is 0 Å². The molecule has 1 N–H and O–H groups in total. The van der Waals surface area contributed by atoms with Gasteiger partial charge >= 0.3 is 0 Å². The van der Waals surface area contributed by atoms with E-state index in [9.17, 15) is 13.2 Å². The third kappa shape index (κ3) is 3.75. The summed E-state index contributed by atoms with van der Waals surface area (Å²) in [6.45, 7) is 0. The maximum atomic E-state index is 12.1. The highest BCUT2D eigenvalue weighted by atomic mass is 35.5. The van der Waals surface area contributed by atoms with E-state index in [0.29, 0.717) is 21.3 Å². The Balaban J connectivity index is 2.25. The molecule has 0 aliphatic carbocycles. The molecule has 4 nitrogen and oxygen atoms in total. The fourth-order valence-electron chi connectivity index (χ4n) is 1.66. The Morgan fingerprint density at radius 3 is 2.00 bits per heavy atom. The molecular formula is C14H11Cl2NO3S. The number of amides is 1. The predicted octanol–water partition coefficient (Wildman–Crippen LogP) is 3.65. The molecule has 2 aromatic carbocycles. The van der Waals surface area contributed by atoms with Gasteiger partial charge in [-0.25, -0.2) is 8.42 Å². The van der Waals surface area contributed by atoms with Crippen LogP contribution in [0, 0.1) is 0 Å². The van der Waals surface area contributed by atoms with Crippen LogP contribution in [0.2, 0.25) is 10.0 Å². The average molecular weight is 344 g/mol. The van der Waals surface area contributed by atoms with Crippen LogP contribution in [0.1, 0.15) is 10.4 Å². The second-order valence-corrected chi connectivity index (χ2v) is 7.18. The number of halogens is 2. The van der Waals surface area contributed by atoms with Crippen molar-refractivity contribution in [2.75, 3.05) is 11.6 Å². The van der Waals surface area contributed by atoms with Crippen LogP contribution >= 0.6 is 23.2 Å². The van der Waals surface area contributed by atoms with Crippen LogP contribution in [0.4, 0.5) is 5.69 Å². The Labute approximate surface area is 132 Å². The van der Waals surface area contributed by atoms with Crippen molar-refractivity contribution in [3.63, 3.8) is 0 Å². The van der Waals surface area contributed by atoms with Crippen molar-refractivity contribution >= 4 is 44.6 Å². The largest absolute Gasteiger partial charge is 0.319 e. The SMILES string of the molecule is CS(=O)(=O)c1ccc(C(=O)Nc2c(Cl)cccc2Cl)cc1. The molecule has 21 heavy (non-hydrogen) atoms. The lowest BCUT2D eigenvalue weighted by Crippen LogP contribution is -2.12. The number of anilines is 1. The molecule has 1 amide bonds. The van der Waals surface area contributed by atoms with E-state index in [0.717, 1.165) is 6.26 Å². The monoisotopic (exact) mass is 343 g/mol. The third-order valence-corrected chi connectivity index (χ3v) is 4.50. The van der Waals surface area contributed by atoms with Crippen LogP contribution in [-0.2, 0) is 9.84 Å². The molecule has 0 spiro atoms. The summed E-state index contributed by atoms with van der Waals surface area (Å²) in [6.07, 6.45) is 1.10. The topological polar surface area (TPSA) is 63.2 Å². The molecule has 0 bridgehead atoms. The van der Waals surface area contributed by atoms with E-state index in [1.165, 1.54) is 24.3 Å². The van der Waals surface area contributed by atoms with E-state index in [1.807, 2.05) is 0 Å². The van der Waals surface area contributed by atoms with Gasteiger partial charge in [-0.3, -0.25) is 4.79 Å². The number of rotatable bonds is 3. The van der Waals surface area contributed by atoms with Gasteiger partial charge in [-0.2, -0.15) is 0 Å². The Hall–Kier alpha value is -1.56. The molecule has 2 aromatic rings. The molecule has 110 valence electrons. The highest BCUT2D eigenvalue weighted by molar-refractivity contribution is 7.90. The smallest absolute Gasteiger partial charge is 0.255 e. The molecule has 0 heterocycles. The minimum Gasteiger partial charge on any atom is -0.319 e. The fraction of sp³-hybridized carbons (Fsp3) is 0.0714. The first-order chi connectivity index (χ1) is 9.79. The first kappa shape index (κ1) is 15.8. The second kappa shape index (κ2) is 6.05. The Bertz CT molecular complexity index is 766. The summed E-state index contributed by atoms with van der Waals surface area (Å²) in [6, 6.07) is 10.5. The number of sulfone groups is 1. The minimum atomic E-state index is -3.29. The van der Waals surface area contributed by atoms with E-state index in [2.05, 4.69) is 5.32 Å². The van der Waals surface area contributed by atoms with E-state index in [4.69, 9.17) is 23.2 Å².